The van der Waals surface area contributed by atoms with E-state index in [1.165, 1.54) is 6.07 Å². The SMILES string of the molecule is Cc1cc(O)no1.Cl. The van der Waals surface area contributed by atoms with Crippen molar-refractivity contribution in [2.75, 3.05) is 0 Å². The highest BCUT2D eigenvalue weighted by Gasteiger charge is 1.91. The molecule has 0 fully saturated rings. The van der Waals surface area contributed by atoms with E-state index in [0.717, 1.165) is 0 Å². The largest absolute Gasteiger partial charge is 0.491 e. The molecule has 0 unspecified atom stereocenters. The third-order valence-electron chi connectivity index (χ3n) is 0.616. The summed E-state index contributed by atoms with van der Waals surface area (Å²) in [7, 11) is 0. The number of aromatic hydroxyl groups is 1. The van der Waals surface area contributed by atoms with Crippen LogP contribution in [0.3, 0.4) is 0 Å². The van der Waals surface area contributed by atoms with Gasteiger partial charge in [0.05, 0.1) is 0 Å². The average Bonchev–Trinajstić information content (AvgIpc) is 1.87. The lowest BCUT2D eigenvalue weighted by atomic mass is 10.5. The molecule has 1 aromatic heterocycles. The molecular formula is C4H6ClNO2. The fraction of sp³-hybridized carbons (Fsp3) is 0.250. The topological polar surface area (TPSA) is 46.3 Å². The highest BCUT2D eigenvalue weighted by Crippen LogP contribution is 2.05. The molecule has 0 amide bonds. The van der Waals surface area contributed by atoms with Gasteiger partial charge in [0.15, 0.2) is 0 Å². The van der Waals surface area contributed by atoms with Gasteiger partial charge in [-0.2, -0.15) is 0 Å². The van der Waals surface area contributed by atoms with Gasteiger partial charge in [-0.15, -0.1) is 12.4 Å². The molecule has 0 radical (unpaired) electrons. The molecular weight excluding hydrogens is 130 g/mol. The van der Waals surface area contributed by atoms with Crippen LogP contribution in [-0.2, 0) is 0 Å². The first-order chi connectivity index (χ1) is 3.29. The minimum absolute atomic E-state index is 0. The van der Waals surface area contributed by atoms with Crippen LogP contribution in [0, 0.1) is 6.92 Å². The number of aromatic nitrogens is 1. The van der Waals surface area contributed by atoms with Crippen molar-refractivity contribution in [3.8, 4) is 5.88 Å². The van der Waals surface area contributed by atoms with E-state index < -0.39 is 0 Å². The van der Waals surface area contributed by atoms with Crippen molar-refractivity contribution in [2.24, 2.45) is 0 Å². The summed E-state index contributed by atoms with van der Waals surface area (Å²) < 4.78 is 4.46. The highest BCUT2D eigenvalue weighted by molar-refractivity contribution is 5.85. The molecule has 1 aromatic rings. The molecule has 3 nitrogen and oxygen atoms in total. The highest BCUT2D eigenvalue weighted by atomic mass is 35.5. The van der Waals surface area contributed by atoms with Crippen molar-refractivity contribution in [2.45, 2.75) is 6.92 Å². The summed E-state index contributed by atoms with van der Waals surface area (Å²) in [6, 6.07) is 1.44. The van der Waals surface area contributed by atoms with E-state index in [-0.39, 0.29) is 18.3 Å². The zero-order valence-corrected chi connectivity index (χ0v) is 5.10. The molecule has 1 heterocycles. The summed E-state index contributed by atoms with van der Waals surface area (Å²) in [6.45, 7) is 1.72. The van der Waals surface area contributed by atoms with Crippen molar-refractivity contribution in [3.05, 3.63) is 11.8 Å². The van der Waals surface area contributed by atoms with Gasteiger partial charge in [-0.25, -0.2) is 0 Å². The first kappa shape index (κ1) is 7.30. The summed E-state index contributed by atoms with van der Waals surface area (Å²) in [5, 5.41) is 11.6. The number of hydrogen-bond donors (Lipinski definition) is 1. The molecule has 0 saturated carbocycles. The van der Waals surface area contributed by atoms with Crippen LogP contribution in [0.5, 0.6) is 5.88 Å². The van der Waals surface area contributed by atoms with Crippen molar-refractivity contribution in [3.63, 3.8) is 0 Å². The Morgan fingerprint density at radius 3 is 2.50 bits per heavy atom. The number of hydrogen-bond acceptors (Lipinski definition) is 3. The van der Waals surface area contributed by atoms with E-state index in [1.54, 1.807) is 6.92 Å². The maximum atomic E-state index is 8.45. The van der Waals surface area contributed by atoms with Crippen LogP contribution in [0.1, 0.15) is 5.76 Å². The zero-order valence-electron chi connectivity index (χ0n) is 4.29. The van der Waals surface area contributed by atoms with Gasteiger partial charge in [0.25, 0.3) is 5.88 Å². The Hall–Kier alpha value is -0.700. The number of halogens is 1. The predicted octanol–water partition coefficient (Wildman–Crippen LogP) is 1.11. The maximum absolute atomic E-state index is 8.45. The van der Waals surface area contributed by atoms with Gasteiger partial charge in [0.1, 0.15) is 5.76 Å². The normalized spacial score (nSPS) is 8.12. The molecule has 0 aliphatic rings. The molecule has 0 aliphatic carbocycles. The summed E-state index contributed by atoms with van der Waals surface area (Å²) in [5.74, 6) is 0.565. The van der Waals surface area contributed by atoms with Crippen molar-refractivity contribution in [1.82, 2.24) is 5.16 Å². The Morgan fingerprint density at radius 1 is 1.75 bits per heavy atom. The molecule has 1 N–H and O–H groups in total. The van der Waals surface area contributed by atoms with Gasteiger partial charge in [0.2, 0.25) is 0 Å². The molecule has 46 valence electrons. The van der Waals surface area contributed by atoms with Crippen LogP contribution < -0.4 is 0 Å². The molecule has 0 atom stereocenters. The lowest BCUT2D eigenvalue weighted by molar-refractivity contribution is 0.348. The molecule has 0 aromatic carbocycles. The second-order valence-corrected chi connectivity index (χ2v) is 1.30. The quantitative estimate of drug-likeness (QED) is 0.580. The van der Waals surface area contributed by atoms with E-state index in [1.807, 2.05) is 0 Å². The third-order valence-corrected chi connectivity index (χ3v) is 0.616. The van der Waals surface area contributed by atoms with Gasteiger partial charge in [-0.1, -0.05) is 0 Å². The lowest BCUT2D eigenvalue weighted by Crippen LogP contribution is -1.52. The van der Waals surface area contributed by atoms with E-state index in [0.29, 0.717) is 5.76 Å². The molecule has 1 rings (SSSR count). The Bertz CT molecular complexity index is 146. The van der Waals surface area contributed by atoms with Gasteiger partial charge >= 0.3 is 0 Å². The fourth-order valence-corrected chi connectivity index (χ4v) is 0.353. The standard InChI is InChI=1S/C4H5NO2.ClH/c1-3-2-4(6)5-7-3;/h2H,1H3,(H,5,6);1H. The van der Waals surface area contributed by atoms with Crippen molar-refractivity contribution >= 4 is 12.4 Å². The molecule has 8 heavy (non-hydrogen) atoms. The smallest absolute Gasteiger partial charge is 0.251 e. The molecule has 0 aliphatic heterocycles. The predicted molar refractivity (Wildman–Crippen MR) is 30.2 cm³/mol. The summed E-state index contributed by atoms with van der Waals surface area (Å²) in [5.41, 5.74) is 0. The summed E-state index contributed by atoms with van der Waals surface area (Å²) in [6.07, 6.45) is 0. The van der Waals surface area contributed by atoms with Crippen molar-refractivity contribution in [1.29, 1.82) is 0 Å². The first-order valence-electron chi connectivity index (χ1n) is 1.91. The minimum atomic E-state index is -0.0579. The van der Waals surface area contributed by atoms with Crippen LogP contribution in [0.25, 0.3) is 0 Å². The Kier molecular flexibility index (Phi) is 2.34. The summed E-state index contributed by atoms with van der Waals surface area (Å²) in [4.78, 5) is 0. The number of aryl methyl sites for hydroxylation is 1. The van der Waals surface area contributed by atoms with E-state index in [9.17, 15) is 0 Å². The van der Waals surface area contributed by atoms with Crippen LogP contribution in [0.15, 0.2) is 10.6 Å². The minimum Gasteiger partial charge on any atom is -0.491 e. The van der Waals surface area contributed by atoms with E-state index in [2.05, 4.69) is 9.68 Å². The Labute approximate surface area is 52.7 Å². The molecule has 4 heteroatoms. The Morgan fingerprint density at radius 2 is 2.38 bits per heavy atom. The van der Waals surface area contributed by atoms with Crippen LogP contribution >= 0.6 is 12.4 Å². The summed E-state index contributed by atoms with van der Waals surface area (Å²) >= 11 is 0. The van der Waals surface area contributed by atoms with Crippen LogP contribution in [0.4, 0.5) is 0 Å². The monoisotopic (exact) mass is 135 g/mol. The third kappa shape index (κ3) is 1.42. The van der Waals surface area contributed by atoms with Gasteiger partial charge in [-0.3, -0.25) is 0 Å². The maximum Gasteiger partial charge on any atom is 0.251 e. The van der Waals surface area contributed by atoms with E-state index in [4.69, 9.17) is 5.11 Å². The number of nitrogens with zero attached hydrogens (tertiary/aromatic N) is 1. The average molecular weight is 136 g/mol. The Balaban J connectivity index is 0.000000490. The molecule has 0 bridgehead atoms. The zero-order chi connectivity index (χ0) is 5.28. The second kappa shape index (κ2) is 2.57. The fourth-order valence-electron chi connectivity index (χ4n) is 0.353. The van der Waals surface area contributed by atoms with Crippen LogP contribution in [0.2, 0.25) is 0 Å². The van der Waals surface area contributed by atoms with Crippen LogP contribution in [-0.4, -0.2) is 10.3 Å². The first-order valence-corrected chi connectivity index (χ1v) is 1.91. The lowest BCUT2D eigenvalue weighted by Gasteiger charge is -1.64. The molecule has 0 saturated heterocycles. The number of rotatable bonds is 0. The van der Waals surface area contributed by atoms with Gasteiger partial charge in [-0.05, 0) is 12.1 Å². The van der Waals surface area contributed by atoms with Crippen molar-refractivity contribution < 1.29 is 9.63 Å². The van der Waals surface area contributed by atoms with E-state index >= 15 is 0 Å². The van der Waals surface area contributed by atoms with Gasteiger partial charge < -0.3 is 9.63 Å². The molecule has 0 spiro atoms. The van der Waals surface area contributed by atoms with Gasteiger partial charge in [0, 0.05) is 6.07 Å². The second-order valence-electron chi connectivity index (χ2n) is 1.30.